The van der Waals surface area contributed by atoms with Gasteiger partial charge in [0.05, 0.1) is 6.33 Å². The maximum absolute atomic E-state index is 12.7. The van der Waals surface area contributed by atoms with Gasteiger partial charge in [0.15, 0.2) is 0 Å². The van der Waals surface area contributed by atoms with Crippen LogP contribution in [0.1, 0.15) is 69.4 Å². The number of piperidine rings is 1. The number of amides is 1. The number of likely N-dealkylation sites (tertiary alicyclic amines) is 1. The molecule has 1 atom stereocenters. The van der Waals surface area contributed by atoms with Gasteiger partial charge >= 0.3 is 0 Å². The van der Waals surface area contributed by atoms with E-state index < -0.39 is 0 Å². The lowest BCUT2D eigenvalue weighted by atomic mass is 9.80. The van der Waals surface area contributed by atoms with E-state index >= 15 is 0 Å². The minimum absolute atomic E-state index is 0.112. The molecule has 3 fully saturated rings. The second kappa shape index (κ2) is 6.21. The van der Waals surface area contributed by atoms with Crippen molar-refractivity contribution >= 4 is 11.8 Å². The first-order chi connectivity index (χ1) is 11.7. The Kier molecular flexibility index (Phi) is 4.05. The second-order valence-electron chi connectivity index (χ2n) is 7.94. The SMILES string of the molecule is O=C=C1CC(c2cnc[nH]2)CCN1C(=O)CCC12CCC(CC1)C2. The van der Waals surface area contributed by atoms with Crippen LogP contribution in [0.25, 0.3) is 0 Å². The smallest absolute Gasteiger partial charge is 0.227 e. The molecule has 128 valence electrons. The molecule has 0 radical (unpaired) electrons. The van der Waals surface area contributed by atoms with Gasteiger partial charge in [-0.1, -0.05) is 0 Å². The average molecular weight is 327 g/mol. The fourth-order valence-electron chi connectivity index (χ4n) is 5.16. The highest BCUT2D eigenvalue weighted by atomic mass is 16.2. The maximum atomic E-state index is 12.7. The Hall–Kier alpha value is -1.87. The predicted molar refractivity (Wildman–Crippen MR) is 89.7 cm³/mol. The Labute approximate surface area is 142 Å². The van der Waals surface area contributed by atoms with Gasteiger partial charge in [-0.3, -0.25) is 4.79 Å². The summed E-state index contributed by atoms with van der Waals surface area (Å²) in [5.74, 6) is 3.28. The van der Waals surface area contributed by atoms with Gasteiger partial charge in [-0.2, -0.15) is 0 Å². The van der Waals surface area contributed by atoms with Crippen molar-refractivity contribution in [1.82, 2.24) is 14.9 Å². The van der Waals surface area contributed by atoms with E-state index in [1.54, 1.807) is 17.4 Å². The molecule has 2 aliphatic carbocycles. The number of aromatic nitrogens is 2. The van der Waals surface area contributed by atoms with Gasteiger partial charge in [-0.25, -0.2) is 9.78 Å². The van der Waals surface area contributed by atoms with E-state index in [0.29, 0.717) is 30.5 Å². The van der Waals surface area contributed by atoms with Crippen molar-refractivity contribution in [2.45, 2.75) is 63.7 Å². The summed E-state index contributed by atoms with van der Waals surface area (Å²) in [5.41, 5.74) is 1.98. The maximum Gasteiger partial charge on any atom is 0.227 e. The summed E-state index contributed by atoms with van der Waals surface area (Å²) in [6.45, 7) is 0.614. The lowest BCUT2D eigenvalue weighted by Crippen LogP contribution is -2.37. The van der Waals surface area contributed by atoms with Crippen molar-refractivity contribution in [3.63, 3.8) is 0 Å². The highest BCUT2D eigenvalue weighted by Gasteiger charge is 2.44. The van der Waals surface area contributed by atoms with Crippen LogP contribution in [-0.4, -0.2) is 33.3 Å². The molecule has 24 heavy (non-hydrogen) atoms. The van der Waals surface area contributed by atoms with Gasteiger partial charge in [0, 0.05) is 37.2 Å². The van der Waals surface area contributed by atoms with E-state index in [2.05, 4.69) is 9.97 Å². The normalized spacial score (nSPS) is 32.2. The predicted octanol–water partition coefficient (Wildman–Crippen LogP) is 3.19. The second-order valence-corrected chi connectivity index (χ2v) is 7.94. The first-order valence-electron chi connectivity index (χ1n) is 9.22. The first-order valence-corrected chi connectivity index (χ1v) is 9.22. The number of H-pyrrole nitrogens is 1. The van der Waals surface area contributed by atoms with Crippen molar-refractivity contribution in [3.8, 4) is 0 Å². The Morgan fingerprint density at radius 3 is 2.83 bits per heavy atom. The molecule has 1 N–H and O–H groups in total. The van der Waals surface area contributed by atoms with Gasteiger partial charge in [0.2, 0.25) is 5.91 Å². The molecular weight excluding hydrogens is 302 g/mol. The van der Waals surface area contributed by atoms with Crippen molar-refractivity contribution in [2.75, 3.05) is 6.54 Å². The molecule has 1 aliphatic heterocycles. The lowest BCUT2D eigenvalue weighted by molar-refractivity contribution is -0.130. The van der Waals surface area contributed by atoms with E-state index in [1.807, 2.05) is 5.94 Å². The van der Waals surface area contributed by atoms with E-state index in [4.69, 9.17) is 0 Å². The number of nitrogens with one attached hydrogen (secondary N) is 1. The van der Waals surface area contributed by atoms with Crippen LogP contribution in [-0.2, 0) is 9.59 Å². The number of carbonyl (C=O) groups is 1. The van der Waals surface area contributed by atoms with Crippen molar-refractivity contribution in [1.29, 1.82) is 0 Å². The van der Waals surface area contributed by atoms with E-state index in [0.717, 1.165) is 24.5 Å². The molecule has 2 heterocycles. The summed E-state index contributed by atoms with van der Waals surface area (Å²) in [7, 11) is 0. The zero-order valence-electron chi connectivity index (χ0n) is 14.1. The molecule has 2 bridgehead atoms. The van der Waals surface area contributed by atoms with Crippen LogP contribution in [0, 0.1) is 11.3 Å². The molecule has 1 saturated heterocycles. The van der Waals surface area contributed by atoms with Gasteiger partial charge in [0.1, 0.15) is 11.6 Å². The fourth-order valence-corrected chi connectivity index (χ4v) is 5.16. The van der Waals surface area contributed by atoms with Crippen LogP contribution in [0.4, 0.5) is 0 Å². The van der Waals surface area contributed by atoms with Crippen molar-refractivity contribution < 1.29 is 9.59 Å². The third-order valence-corrected chi connectivity index (χ3v) is 6.60. The van der Waals surface area contributed by atoms with Crippen LogP contribution in [0.15, 0.2) is 18.2 Å². The van der Waals surface area contributed by atoms with Crippen LogP contribution >= 0.6 is 0 Å². The molecule has 2 saturated carbocycles. The zero-order valence-corrected chi connectivity index (χ0v) is 14.1. The Bertz CT molecular complexity index is 652. The molecule has 4 rings (SSSR count). The lowest BCUT2D eigenvalue weighted by Gasteiger charge is -2.33. The van der Waals surface area contributed by atoms with E-state index in [-0.39, 0.29) is 11.8 Å². The van der Waals surface area contributed by atoms with Gasteiger partial charge < -0.3 is 9.88 Å². The molecule has 1 aromatic rings. The number of aromatic amines is 1. The van der Waals surface area contributed by atoms with Gasteiger partial charge in [-0.15, -0.1) is 0 Å². The highest BCUT2D eigenvalue weighted by Crippen LogP contribution is 2.56. The summed E-state index contributed by atoms with van der Waals surface area (Å²) in [4.78, 5) is 33.0. The molecule has 1 aromatic heterocycles. The molecule has 1 unspecified atom stereocenters. The minimum atomic E-state index is 0.112. The minimum Gasteiger partial charge on any atom is -0.348 e. The Balaban J connectivity index is 1.37. The number of hydrogen-bond donors (Lipinski definition) is 1. The standard InChI is InChI=1S/C19H25N3O2/c23-12-16-9-15(17-11-20-13-21-17)4-8-22(16)18(24)3-7-19-5-1-14(10-19)2-6-19/h11,13-15H,1-10H2,(H,20,21). The molecule has 5 heteroatoms. The molecule has 1 amide bonds. The number of imidazole rings is 1. The summed E-state index contributed by atoms with van der Waals surface area (Å²) in [6, 6.07) is 0. The average Bonchev–Trinajstić information content (AvgIpc) is 3.36. The summed E-state index contributed by atoms with van der Waals surface area (Å²) in [5, 5.41) is 0. The first kappa shape index (κ1) is 15.6. The molecule has 3 aliphatic rings. The number of fused-ring (bicyclic) bond motifs is 2. The van der Waals surface area contributed by atoms with Gasteiger partial charge in [0.25, 0.3) is 0 Å². The number of rotatable bonds is 4. The number of allylic oxidation sites excluding steroid dienone is 1. The van der Waals surface area contributed by atoms with Crippen LogP contribution in [0.2, 0.25) is 0 Å². The zero-order chi connectivity index (χ0) is 16.6. The summed E-state index contributed by atoms with van der Waals surface area (Å²) < 4.78 is 0. The molecular formula is C19H25N3O2. The van der Waals surface area contributed by atoms with Crippen LogP contribution < -0.4 is 0 Å². The number of carbonyl (C=O) groups excluding carboxylic acids is 2. The molecule has 0 aromatic carbocycles. The fraction of sp³-hybridized carbons (Fsp3) is 0.684. The Morgan fingerprint density at radius 1 is 1.38 bits per heavy atom. The monoisotopic (exact) mass is 327 g/mol. The van der Waals surface area contributed by atoms with E-state index in [1.165, 1.54) is 32.1 Å². The highest BCUT2D eigenvalue weighted by molar-refractivity contribution is 5.80. The third kappa shape index (κ3) is 2.82. The van der Waals surface area contributed by atoms with Crippen molar-refractivity contribution in [3.05, 3.63) is 23.9 Å². The largest absolute Gasteiger partial charge is 0.348 e. The van der Waals surface area contributed by atoms with Gasteiger partial charge in [-0.05, 0) is 56.3 Å². The van der Waals surface area contributed by atoms with Crippen molar-refractivity contribution in [2.24, 2.45) is 11.3 Å². The number of nitrogens with zero attached hydrogens (tertiary/aromatic N) is 2. The third-order valence-electron chi connectivity index (χ3n) is 6.60. The summed E-state index contributed by atoms with van der Waals surface area (Å²) >= 11 is 0. The topological polar surface area (TPSA) is 66.1 Å². The van der Waals surface area contributed by atoms with Crippen LogP contribution in [0.3, 0.4) is 0 Å². The van der Waals surface area contributed by atoms with Crippen LogP contribution in [0.5, 0.6) is 0 Å². The summed E-state index contributed by atoms with van der Waals surface area (Å²) in [6.07, 6.45) is 13.1. The molecule has 0 spiro atoms. The Morgan fingerprint density at radius 2 is 2.21 bits per heavy atom. The molecule has 5 nitrogen and oxygen atoms in total. The number of hydrogen-bond acceptors (Lipinski definition) is 3. The quantitative estimate of drug-likeness (QED) is 0.864. The van der Waals surface area contributed by atoms with E-state index in [9.17, 15) is 9.59 Å².